The molecule has 1 aliphatic carbocycles. The first-order chi connectivity index (χ1) is 11.7. The molecule has 7 heteroatoms. The number of carbonyl (C=O) groups is 1. The summed E-state index contributed by atoms with van der Waals surface area (Å²) in [6.45, 7) is 0.937. The van der Waals surface area contributed by atoms with E-state index in [4.69, 9.17) is 5.11 Å². The molecular weight excluding hydrogens is 306 g/mol. The average Bonchev–Trinajstić information content (AvgIpc) is 3.28. The lowest BCUT2D eigenvalue weighted by molar-refractivity contribution is 0.0916. The van der Waals surface area contributed by atoms with Gasteiger partial charge >= 0.3 is 0 Å². The number of nitrogens with one attached hydrogen (secondary N) is 1. The number of aryl methyl sites for hydroxylation is 2. The Morgan fingerprint density at radius 2 is 2.33 bits per heavy atom. The Balaban J connectivity index is 1.58. The van der Waals surface area contributed by atoms with Crippen molar-refractivity contribution in [3.63, 3.8) is 0 Å². The fraction of sp³-hybridized carbons (Fsp3) is 0.588. The van der Waals surface area contributed by atoms with Crippen LogP contribution in [-0.2, 0) is 20.0 Å². The molecule has 1 aliphatic rings. The van der Waals surface area contributed by atoms with E-state index in [9.17, 15) is 4.79 Å². The van der Waals surface area contributed by atoms with Gasteiger partial charge in [-0.05, 0) is 43.7 Å². The number of nitrogens with zero attached hydrogens (tertiary/aromatic N) is 4. The third-order valence-corrected chi connectivity index (χ3v) is 4.75. The zero-order valence-electron chi connectivity index (χ0n) is 14.1. The Kier molecular flexibility index (Phi) is 5.30. The monoisotopic (exact) mass is 331 g/mol. The molecule has 1 fully saturated rings. The van der Waals surface area contributed by atoms with Gasteiger partial charge in [0.15, 0.2) is 0 Å². The van der Waals surface area contributed by atoms with E-state index < -0.39 is 0 Å². The highest BCUT2D eigenvalue weighted by Gasteiger charge is 2.29. The van der Waals surface area contributed by atoms with Gasteiger partial charge < -0.3 is 15.0 Å². The van der Waals surface area contributed by atoms with Crippen LogP contribution in [0.1, 0.15) is 41.9 Å². The summed E-state index contributed by atoms with van der Waals surface area (Å²) >= 11 is 0. The lowest BCUT2D eigenvalue weighted by atomic mass is 10.0. The zero-order valence-corrected chi connectivity index (χ0v) is 14.1. The molecule has 2 N–H and O–H groups in total. The Hall–Kier alpha value is -2.15. The first-order valence-electron chi connectivity index (χ1n) is 8.59. The van der Waals surface area contributed by atoms with Crippen molar-refractivity contribution in [2.75, 3.05) is 6.61 Å². The standard InChI is InChI=1S/C17H25N5O2/c1-21-9-3-8-16(21)17(24)18-15-7-2-5-13(15)11-22-12-14(19-20-22)6-4-10-23/h3,8-9,12-13,15,23H,2,4-7,10-11H2,1H3,(H,18,24)/t13-,15-/m1/s1. The van der Waals surface area contributed by atoms with Crippen molar-refractivity contribution in [3.8, 4) is 0 Å². The van der Waals surface area contributed by atoms with Crippen LogP contribution >= 0.6 is 0 Å². The summed E-state index contributed by atoms with van der Waals surface area (Å²) in [4.78, 5) is 12.4. The number of aliphatic hydroxyl groups excluding tert-OH is 1. The van der Waals surface area contributed by atoms with Crippen molar-refractivity contribution in [1.82, 2.24) is 24.9 Å². The topological polar surface area (TPSA) is 85.0 Å². The molecule has 0 aromatic carbocycles. The number of hydrogen-bond acceptors (Lipinski definition) is 4. The molecule has 2 heterocycles. The van der Waals surface area contributed by atoms with Gasteiger partial charge in [0.2, 0.25) is 0 Å². The molecule has 2 aromatic rings. The Morgan fingerprint density at radius 1 is 1.46 bits per heavy atom. The number of hydrogen-bond donors (Lipinski definition) is 2. The van der Waals surface area contributed by atoms with Crippen LogP contribution in [0.2, 0.25) is 0 Å². The lowest BCUT2D eigenvalue weighted by Crippen LogP contribution is -2.39. The molecule has 0 unspecified atom stereocenters. The van der Waals surface area contributed by atoms with Crippen LogP contribution in [0.3, 0.4) is 0 Å². The smallest absolute Gasteiger partial charge is 0.268 e. The van der Waals surface area contributed by atoms with E-state index >= 15 is 0 Å². The van der Waals surface area contributed by atoms with Crippen molar-refractivity contribution in [3.05, 3.63) is 35.9 Å². The molecule has 130 valence electrons. The van der Waals surface area contributed by atoms with Crippen LogP contribution < -0.4 is 5.32 Å². The van der Waals surface area contributed by atoms with Crippen LogP contribution in [-0.4, -0.2) is 43.2 Å². The second-order valence-electron chi connectivity index (χ2n) is 6.53. The summed E-state index contributed by atoms with van der Waals surface area (Å²) in [5.74, 6) is 0.364. The lowest BCUT2D eigenvalue weighted by Gasteiger charge is -2.21. The van der Waals surface area contributed by atoms with E-state index in [1.807, 2.05) is 40.8 Å². The molecule has 7 nitrogen and oxygen atoms in total. The average molecular weight is 331 g/mol. The summed E-state index contributed by atoms with van der Waals surface area (Å²) in [5, 5.41) is 20.4. The number of amides is 1. The molecular formula is C17H25N5O2. The van der Waals surface area contributed by atoms with Gasteiger partial charge in [0, 0.05) is 38.6 Å². The second kappa shape index (κ2) is 7.61. The van der Waals surface area contributed by atoms with Crippen molar-refractivity contribution in [2.24, 2.45) is 13.0 Å². The van der Waals surface area contributed by atoms with Gasteiger partial charge in [-0.1, -0.05) is 11.6 Å². The van der Waals surface area contributed by atoms with Gasteiger partial charge in [0.1, 0.15) is 5.69 Å². The number of rotatable bonds is 7. The van der Waals surface area contributed by atoms with Gasteiger partial charge in [0.25, 0.3) is 5.91 Å². The summed E-state index contributed by atoms with van der Waals surface area (Å²) in [6, 6.07) is 3.90. The highest BCUT2D eigenvalue weighted by Crippen LogP contribution is 2.27. The predicted octanol–water partition coefficient (Wildman–Crippen LogP) is 1.14. The van der Waals surface area contributed by atoms with E-state index in [1.165, 1.54) is 0 Å². The minimum Gasteiger partial charge on any atom is -0.396 e. The van der Waals surface area contributed by atoms with E-state index in [-0.39, 0.29) is 18.6 Å². The summed E-state index contributed by atoms with van der Waals surface area (Å²) in [6.07, 6.45) is 8.49. The number of aromatic nitrogens is 4. The molecule has 2 aromatic heterocycles. The summed E-state index contributed by atoms with van der Waals surface area (Å²) < 4.78 is 3.70. The van der Waals surface area contributed by atoms with Crippen molar-refractivity contribution in [2.45, 2.75) is 44.7 Å². The van der Waals surface area contributed by atoms with Gasteiger partial charge in [-0.25, -0.2) is 0 Å². The van der Waals surface area contributed by atoms with Crippen molar-refractivity contribution in [1.29, 1.82) is 0 Å². The molecule has 3 rings (SSSR count). The largest absolute Gasteiger partial charge is 0.396 e. The highest BCUT2D eigenvalue weighted by molar-refractivity contribution is 5.92. The molecule has 0 spiro atoms. The van der Waals surface area contributed by atoms with Crippen LogP contribution in [0.5, 0.6) is 0 Å². The van der Waals surface area contributed by atoms with Gasteiger partial charge in [-0.15, -0.1) is 5.10 Å². The highest BCUT2D eigenvalue weighted by atomic mass is 16.2. The Labute approximate surface area is 141 Å². The molecule has 1 saturated carbocycles. The summed E-state index contributed by atoms with van der Waals surface area (Å²) in [7, 11) is 1.88. The predicted molar refractivity (Wildman–Crippen MR) is 89.4 cm³/mol. The number of carbonyl (C=O) groups excluding carboxylic acids is 1. The molecule has 0 aliphatic heterocycles. The fourth-order valence-electron chi connectivity index (χ4n) is 3.43. The maximum absolute atomic E-state index is 12.4. The van der Waals surface area contributed by atoms with Crippen LogP contribution in [0.15, 0.2) is 24.5 Å². The molecule has 1 amide bonds. The first-order valence-corrected chi connectivity index (χ1v) is 8.59. The third-order valence-electron chi connectivity index (χ3n) is 4.75. The molecule has 0 radical (unpaired) electrons. The number of aliphatic hydroxyl groups is 1. The minimum atomic E-state index is -0.0124. The Morgan fingerprint density at radius 3 is 3.08 bits per heavy atom. The Bertz CT molecular complexity index is 678. The quantitative estimate of drug-likeness (QED) is 0.797. The maximum atomic E-state index is 12.4. The fourth-order valence-corrected chi connectivity index (χ4v) is 3.43. The molecule has 2 atom stereocenters. The molecule has 0 bridgehead atoms. The normalized spacial score (nSPS) is 20.4. The van der Waals surface area contributed by atoms with Crippen molar-refractivity contribution >= 4 is 5.91 Å². The van der Waals surface area contributed by atoms with E-state index in [0.29, 0.717) is 18.0 Å². The molecule has 24 heavy (non-hydrogen) atoms. The van der Waals surface area contributed by atoms with Gasteiger partial charge in [-0.3, -0.25) is 9.48 Å². The molecule has 0 saturated heterocycles. The van der Waals surface area contributed by atoms with Gasteiger partial charge in [0.05, 0.1) is 5.69 Å². The summed E-state index contributed by atoms with van der Waals surface area (Å²) in [5.41, 5.74) is 1.60. The van der Waals surface area contributed by atoms with Crippen molar-refractivity contribution < 1.29 is 9.90 Å². The van der Waals surface area contributed by atoms with E-state index in [1.54, 1.807) is 0 Å². The second-order valence-corrected chi connectivity index (χ2v) is 6.53. The van der Waals surface area contributed by atoms with E-state index in [0.717, 1.165) is 37.9 Å². The third kappa shape index (κ3) is 3.84. The zero-order chi connectivity index (χ0) is 16.9. The SMILES string of the molecule is Cn1cccc1C(=O)N[C@@H]1CCC[C@@H]1Cn1cc(CCCO)nn1. The van der Waals surface area contributed by atoms with Gasteiger partial charge in [-0.2, -0.15) is 0 Å². The first kappa shape index (κ1) is 16.7. The maximum Gasteiger partial charge on any atom is 0.268 e. The van der Waals surface area contributed by atoms with E-state index in [2.05, 4.69) is 15.6 Å². The van der Waals surface area contributed by atoms with Crippen LogP contribution in [0.4, 0.5) is 0 Å². The van der Waals surface area contributed by atoms with Crippen LogP contribution in [0, 0.1) is 5.92 Å². The minimum absolute atomic E-state index is 0.0124. The van der Waals surface area contributed by atoms with Crippen LogP contribution in [0.25, 0.3) is 0 Å².